The first-order chi connectivity index (χ1) is 9.16. The van der Waals surface area contributed by atoms with Crippen molar-refractivity contribution in [1.82, 2.24) is 10.6 Å². The van der Waals surface area contributed by atoms with Crippen LogP contribution in [0, 0.1) is 11.8 Å². The number of rotatable bonds is 5. The van der Waals surface area contributed by atoms with Gasteiger partial charge in [-0.25, -0.2) is 4.79 Å². The van der Waals surface area contributed by atoms with Crippen molar-refractivity contribution in [2.75, 3.05) is 26.3 Å². The number of ether oxygens (including phenoxy) is 2. The van der Waals surface area contributed by atoms with Gasteiger partial charge in [-0.05, 0) is 25.2 Å². The Kier molecular flexibility index (Phi) is 5.45. The van der Waals surface area contributed by atoms with Gasteiger partial charge in [0.05, 0.1) is 12.2 Å². The van der Waals surface area contributed by atoms with Crippen molar-refractivity contribution in [2.45, 2.75) is 45.3 Å². The van der Waals surface area contributed by atoms with E-state index >= 15 is 0 Å². The molecule has 2 amide bonds. The van der Waals surface area contributed by atoms with Crippen molar-refractivity contribution >= 4 is 6.03 Å². The van der Waals surface area contributed by atoms with E-state index < -0.39 is 0 Å². The minimum absolute atomic E-state index is 0.0927. The van der Waals surface area contributed by atoms with Crippen molar-refractivity contribution in [3.63, 3.8) is 0 Å². The molecule has 0 aromatic carbocycles. The van der Waals surface area contributed by atoms with Crippen molar-refractivity contribution in [3.05, 3.63) is 0 Å². The Morgan fingerprint density at radius 2 is 1.95 bits per heavy atom. The first-order valence-electron chi connectivity index (χ1n) is 7.41. The summed E-state index contributed by atoms with van der Waals surface area (Å²) in [5.74, 6) is 0.942. The lowest BCUT2D eigenvalue weighted by Gasteiger charge is -2.22. The quantitative estimate of drug-likeness (QED) is 0.796. The van der Waals surface area contributed by atoms with Gasteiger partial charge in [-0.3, -0.25) is 0 Å². The molecule has 2 saturated heterocycles. The van der Waals surface area contributed by atoms with E-state index in [1.54, 1.807) is 0 Å². The monoisotopic (exact) mass is 270 g/mol. The maximum absolute atomic E-state index is 11.7. The van der Waals surface area contributed by atoms with E-state index in [0.29, 0.717) is 24.9 Å². The van der Waals surface area contributed by atoms with Crippen molar-refractivity contribution < 1.29 is 14.3 Å². The summed E-state index contributed by atoms with van der Waals surface area (Å²) in [5, 5.41) is 5.82. The maximum Gasteiger partial charge on any atom is 0.314 e. The van der Waals surface area contributed by atoms with E-state index in [9.17, 15) is 4.79 Å². The zero-order chi connectivity index (χ0) is 13.7. The Bertz CT molecular complexity index is 290. The molecule has 0 aromatic rings. The second-order valence-corrected chi connectivity index (χ2v) is 5.85. The summed E-state index contributed by atoms with van der Waals surface area (Å²) in [5.41, 5.74) is 0. The van der Waals surface area contributed by atoms with Crippen molar-refractivity contribution in [2.24, 2.45) is 11.8 Å². The minimum atomic E-state index is -0.0927. The predicted octanol–water partition coefficient (Wildman–Crippen LogP) is 1.53. The van der Waals surface area contributed by atoms with Crippen LogP contribution in [0.15, 0.2) is 0 Å². The summed E-state index contributed by atoms with van der Waals surface area (Å²) in [6, 6.07) is -0.0927. The fraction of sp³-hybridized carbons (Fsp3) is 0.929. The topological polar surface area (TPSA) is 59.6 Å². The molecule has 2 fully saturated rings. The minimum Gasteiger partial charge on any atom is -0.378 e. The highest BCUT2D eigenvalue weighted by Crippen LogP contribution is 2.25. The summed E-state index contributed by atoms with van der Waals surface area (Å²) in [6.45, 7) is 7.28. The molecule has 2 heterocycles. The summed E-state index contributed by atoms with van der Waals surface area (Å²) >= 11 is 0. The predicted molar refractivity (Wildman–Crippen MR) is 73.1 cm³/mol. The van der Waals surface area contributed by atoms with E-state index in [4.69, 9.17) is 9.47 Å². The Labute approximate surface area is 115 Å². The third-order valence-corrected chi connectivity index (χ3v) is 3.96. The van der Waals surface area contributed by atoms with E-state index in [0.717, 1.165) is 32.5 Å². The SMILES string of the molecule is CC(C)[C@H]1OCC[C@@H]1CNC(=O)NCC1CCCO1. The van der Waals surface area contributed by atoms with Crippen LogP contribution in [0.3, 0.4) is 0 Å². The van der Waals surface area contributed by atoms with Gasteiger partial charge in [0.2, 0.25) is 0 Å². The third kappa shape index (κ3) is 4.35. The van der Waals surface area contributed by atoms with E-state index in [-0.39, 0.29) is 18.2 Å². The van der Waals surface area contributed by atoms with Gasteiger partial charge in [-0.1, -0.05) is 13.8 Å². The molecular weight excluding hydrogens is 244 g/mol. The van der Waals surface area contributed by atoms with Gasteiger partial charge in [0.25, 0.3) is 0 Å². The van der Waals surface area contributed by atoms with E-state index in [1.165, 1.54) is 0 Å². The Balaban J connectivity index is 1.62. The lowest BCUT2D eigenvalue weighted by atomic mass is 9.93. The van der Waals surface area contributed by atoms with Gasteiger partial charge in [-0.15, -0.1) is 0 Å². The van der Waals surface area contributed by atoms with Crippen molar-refractivity contribution in [3.8, 4) is 0 Å². The molecule has 110 valence electrons. The largest absolute Gasteiger partial charge is 0.378 e. The summed E-state index contributed by atoms with van der Waals surface area (Å²) < 4.78 is 11.2. The lowest BCUT2D eigenvalue weighted by molar-refractivity contribution is 0.0544. The second kappa shape index (κ2) is 7.10. The van der Waals surface area contributed by atoms with Crippen LogP contribution in [0.1, 0.15) is 33.1 Å². The molecule has 0 aromatic heterocycles. The van der Waals surface area contributed by atoms with E-state index in [2.05, 4.69) is 24.5 Å². The molecule has 19 heavy (non-hydrogen) atoms. The average molecular weight is 270 g/mol. The van der Waals surface area contributed by atoms with Crippen LogP contribution in [-0.4, -0.2) is 44.5 Å². The highest BCUT2D eigenvalue weighted by atomic mass is 16.5. The van der Waals surface area contributed by atoms with Crippen LogP contribution in [0.4, 0.5) is 4.79 Å². The first-order valence-corrected chi connectivity index (χ1v) is 7.41. The van der Waals surface area contributed by atoms with Crippen LogP contribution >= 0.6 is 0 Å². The molecule has 2 aliphatic rings. The zero-order valence-electron chi connectivity index (χ0n) is 12.0. The lowest BCUT2D eigenvalue weighted by Crippen LogP contribution is -2.43. The van der Waals surface area contributed by atoms with Crippen LogP contribution in [0.2, 0.25) is 0 Å². The summed E-state index contributed by atoms with van der Waals surface area (Å²) in [6.07, 6.45) is 3.66. The molecule has 5 heteroatoms. The number of carbonyl (C=O) groups excluding carboxylic acids is 1. The second-order valence-electron chi connectivity index (χ2n) is 5.85. The molecule has 2 N–H and O–H groups in total. The van der Waals surface area contributed by atoms with Gasteiger partial charge < -0.3 is 20.1 Å². The number of urea groups is 1. The molecule has 5 nitrogen and oxygen atoms in total. The highest BCUT2D eigenvalue weighted by molar-refractivity contribution is 5.73. The first kappa shape index (κ1) is 14.6. The number of hydrogen-bond acceptors (Lipinski definition) is 3. The van der Waals surface area contributed by atoms with Gasteiger partial charge in [-0.2, -0.15) is 0 Å². The number of nitrogens with one attached hydrogen (secondary N) is 2. The van der Waals surface area contributed by atoms with Crippen LogP contribution in [0.25, 0.3) is 0 Å². The van der Waals surface area contributed by atoms with Crippen LogP contribution < -0.4 is 10.6 Å². The molecule has 3 atom stereocenters. The number of carbonyl (C=O) groups is 1. The third-order valence-electron chi connectivity index (χ3n) is 3.96. The molecule has 1 unspecified atom stereocenters. The Morgan fingerprint density at radius 3 is 2.63 bits per heavy atom. The molecule has 2 aliphatic heterocycles. The van der Waals surface area contributed by atoms with Gasteiger partial charge in [0.15, 0.2) is 0 Å². The fourth-order valence-corrected chi connectivity index (χ4v) is 2.91. The molecule has 0 spiro atoms. The Hall–Kier alpha value is -0.810. The normalized spacial score (nSPS) is 30.8. The van der Waals surface area contributed by atoms with Crippen molar-refractivity contribution in [1.29, 1.82) is 0 Å². The smallest absolute Gasteiger partial charge is 0.314 e. The average Bonchev–Trinajstić information content (AvgIpc) is 3.04. The molecule has 2 rings (SSSR count). The molecular formula is C14H26N2O3. The molecule has 0 bridgehead atoms. The van der Waals surface area contributed by atoms with Crippen LogP contribution in [-0.2, 0) is 9.47 Å². The summed E-state index contributed by atoms with van der Waals surface area (Å²) in [7, 11) is 0. The number of amides is 2. The van der Waals surface area contributed by atoms with Gasteiger partial charge >= 0.3 is 6.03 Å². The van der Waals surface area contributed by atoms with Gasteiger partial charge in [0.1, 0.15) is 0 Å². The summed E-state index contributed by atoms with van der Waals surface area (Å²) in [4.78, 5) is 11.7. The van der Waals surface area contributed by atoms with Crippen LogP contribution in [0.5, 0.6) is 0 Å². The molecule has 0 aliphatic carbocycles. The Morgan fingerprint density at radius 1 is 1.16 bits per heavy atom. The highest BCUT2D eigenvalue weighted by Gasteiger charge is 2.30. The molecule has 0 radical (unpaired) electrons. The fourth-order valence-electron chi connectivity index (χ4n) is 2.91. The number of hydrogen-bond donors (Lipinski definition) is 2. The zero-order valence-corrected chi connectivity index (χ0v) is 12.0. The van der Waals surface area contributed by atoms with Gasteiger partial charge in [0, 0.05) is 32.2 Å². The maximum atomic E-state index is 11.7. The van der Waals surface area contributed by atoms with E-state index in [1.807, 2.05) is 0 Å². The standard InChI is InChI=1S/C14H26N2O3/c1-10(2)13-11(5-7-19-13)8-15-14(17)16-9-12-4-3-6-18-12/h10-13H,3-9H2,1-2H3,(H2,15,16,17)/t11-,12?,13-/m1/s1. The molecule has 0 saturated carbocycles.